The zero-order chi connectivity index (χ0) is 23.8. The Morgan fingerprint density at radius 3 is 2.70 bits per heavy atom. The number of para-hydroxylation sites is 1. The minimum Gasteiger partial charge on any atom is -0.488 e. The monoisotopic (exact) mass is 523 g/mol. The number of ether oxygens (including phenoxy) is 2. The fourth-order valence-electron chi connectivity index (χ4n) is 3.18. The maximum absolute atomic E-state index is 12.9. The first-order chi connectivity index (χ1) is 15.9. The molecule has 0 atom stereocenters. The predicted molar refractivity (Wildman–Crippen MR) is 138 cm³/mol. The van der Waals surface area contributed by atoms with Gasteiger partial charge in [-0.1, -0.05) is 77.9 Å². The number of amides is 1. The Labute approximate surface area is 213 Å². The van der Waals surface area contributed by atoms with E-state index in [9.17, 15) is 9.59 Å². The third-order valence-corrected chi connectivity index (χ3v) is 6.93. The maximum atomic E-state index is 12.9. The first-order valence-corrected chi connectivity index (χ1v) is 12.3. The lowest BCUT2D eigenvalue weighted by Crippen LogP contribution is -2.29. The molecule has 0 aliphatic carbocycles. The summed E-state index contributed by atoms with van der Waals surface area (Å²) in [6.07, 6.45) is 4.48. The number of thioether (sulfide) groups is 1. The number of hydrogen-bond donors (Lipinski definition) is 0. The van der Waals surface area contributed by atoms with Crippen molar-refractivity contribution in [3.8, 4) is 5.75 Å². The summed E-state index contributed by atoms with van der Waals surface area (Å²) in [7, 11) is 1.38. The van der Waals surface area contributed by atoms with Crippen LogP contribution in [0.25, 0.3) is 6.08 Å². The third kappa shape index (κ3) is 7.21. The number of rotatable bonds is 10. The zero-order valence-corrected chi connectivity index (χ0v) is 21.2. The number of benzene rings is 2. The molecule has 2 aromatic rings. The second kappa shape index (κ2) is 12.4. The molecule has 0 N–H and O–H groups in total. The van der Waals surface area contributed by atoms with Crippen LogP contribution in [0.15, 0.2) is 47.4 Å². The molecule has 1 saturated heterocycles. The van der Waals surface area contributed by atoms with E-state index in [1.54, 1.807) is 23.1 Å². The van der Waals surface area contributed by atoms with Gasteiger partial charge in [0.2, 0.25) is 0 Å². The van der Waals surface area contributed by atoms with Crippen LogP contribution in [-0.2, 0) is 20.9 Å². The number of hydrogen-bond acceptors (Lipinski definition) is 6. The van der Waals surface area contributed by atoms with E-state index in [-0.39, 0.29) is 18.5 Å². The van der Waals surface area contributed by atoms with Crippen molar-refractivity contribution < 1.29 is 19.1 Å². The van der Waals surface area contributed by atoms with Gasteiger partial charge in [-0.25, -0.2) is 0 Å². The number of thiocarbonyl (C=S) groups is 1. The Morgan fingerprint density at radius 2 is 1.94 bits per heavy atom. The van der Waals surface area contributed by atoms with E-state index >= 15 is 0 Å². The van der Waals surface area contributed by atoms with Crippen LogP contribution in [0.3, 0.4) is 0 Å². The summed E-state index contributed by atoms with van der Waals surface area (Å²) in [4.78, 5) is 26.3. The molecule has 0 bridgehead atoms. The van der Waals surface area contributed by atoms with Crippen LogP contribution in [0.1, 0.15) is 36.8 Å². The second-order valence-electron chi connectivity index (χ2n) is 7.28. The van der Waals surface area contributed by atoms with Crippen molar-refractivity contribution >= 4 is 69.5 Å². The topological polar surface area (TPSA) is 55.8 Å². The SMILES string of the molecule is COC(=O)CCCCCN1C(=O)/C(=C\c2ccccc2OCc2ccc(Cl)cc2Cl)SC1=S. The van der Waals surface area contributed by atoms with Crippen LogP contribution in [0.4, 0.5) is 0 Å². The van der Waals surface area contributed by atoms with E-state index in [2.05, 4.69) is 4.74 Å². The van der Waals surface area contributed by atoms with Gasteiger partial charge in [0.1, 0.15) is 16.7 Å². The molecule has 1 aliphatic heterocycles. The minimum atomic E-state index is -0.220. The van der Waals surface area contributed by atoms with Crippen molar-refractivity contribution in [1.29, 1.82) is 0 Å². The molecular weight excluding hydrogens is 501 g/mol. The van der Waals surface area contributed by atoms with Crippen molar-refractivity contribution in [1.82, 2.24) is 4.90 Å². The number of halogens is 2. The number of methoxy groups -OCH3 is 1. The molecule has 1 amide bonds. The lowest BCUT2D eigenvalue weighted by Gasteiger charge is -2.14. The van der Waals surface area contributed by atoms with Crippen LogP contribution in [0, 0.1) is 0 Å². The number of unbranched alkanes of at least 4 members (excludes halogenated alkanes) is 2. The van der Waals surface area contributed by atoms with E-state index in [1.165, 1.54) is 18.9 Å². The molecule has 2 aromatic carbocycles. The van der Waals surface area contributed by atoms with Gasteiger partial charge in [-0.2, -0.15) is 0 Å². The molecule has 1 aliphatic rings. The Morgan fingerprint density at radius 1 is 1.15 bits per heavy atom. The first kappa shape index (κ1) is 25.6. The molecular formula is C24H23Cl2NO4S2. The minimum absolute atomic E-state index is 0.117. The van der Waals surface area contributed by atoms with E-state index < -0.39 is 0 Å². The summed E-state index contributed by atoms with van der Waals surface area (Å²) in [5.74, 6) is 0.299. The lowest BCUT2D eigenvalue weighted by molar-refractivity contribution is -0.140. The molecule has 0 saturated carbocycles. The van der Waals surface area contributed by atoms with Crippen LogP contribution in [0.2, 0.25) is 10.0 Å². The van der Waals surface area contributed by atoms with Gasteiger partial charge in [0.15, 0.2) is 0 Å². The van der Waals surface area contributed by atoms with Gasteiger partial charge in [0.05, 0.1) is 12.0 Å². The van der Waals surface area contributed by atoms with Crippen molar-refractivity contribution in [2.24, 2.45) is 0 Å². The highest BCUT2D eigenvalue weighted by Crippen LogP contribution is 2.35. The number of nitrogens with zero attached hydrogens (tertiary/aromatic N) is 1. The highest BCUT2D eigenvalue weighted by Gasteiger charge is 2.31. The maximum Gasteiger partial charge on any atom is 0.305 e. The van der Waals surface area contributed by atoms with Crippen molar-refractivity contribution in [2.45, 2.75) is 32.3 Å². The Kier molecular flexibility index (Phi) is 9.62. The molecule has 33 heavy (non-hydrogen) atoms. The van der Waals surface area contributed by atoms with Crippen LogP contribution >= 0.6 is 47.2 Å². The molecule has 174 valence electrons. The molecule has 9 heteroatoms. The van der Waals surface area contributed by atoms with Crippen molar-refractivity contribution in [2.75, 3.05) is 13.7 Å². The Bertz CT molecular complexity index is 1070. The van der Waals surface area contributed by atoms with Gasteiger partial charge in [0, 0.05) is 34.1 Å². The van der Waals surface area contributed by atoms with E-state index in [1.807, 2.05) is 30.3 Å². The van der Waals surface area contributed by atoms with Gasteiger partial charge in [-0.05, 0) is 37.1 Å². The predicted octanol–water partition coefficient (Wildman–Crippen LogP) is 6.51. The number of carbonyl (C=O) groups excluding carboxylic acids is 2. The van der Waals surface area contributed by atoms with Gasteiger partial charge in [0.25, 0.3) is 5.91 Å². The Balaban J connectivity index is 1.63. The smallest absolute Gasteiger partial charge is 0.305 e. The normalized spacial score (nSPS) is 14.8. The van der Waals surface area contributed by atoms with E-state index in [0.29, 0.717) is 38.0 Å². The Hall–Kier alpha value is -2.06. The molecule has 0 radical (unpaired) electrons. The summed E-state index contributed by atoms with van der Waals surface area (Å²) >= 11 is 18.9. The third-order valence-electron chi connectivity index (χ3n) is 4.97. The van der Waals surface area contributed by atoms with Crippen LogP contribution < -0.4 is 4.74 Å². The average Bonchev–Trinajstić information content (AvgIpc) is 3.06. The lowest BCUT2D eigenvalue weighted by atomic mass is 10.1. The van der Waals surface area contributed by atoms with Crippen LogP contribution in [0.5, 0.6) is 5.75 Å². The standard InChI is InChI=1S/C24H23Cl2NO4S2/c1-30-22(28)9-3-2-6-12-27-23(29)21(33-24(27)32)13-16-7-4-5-8-20(16)31-15-17-10-11-18(25)14-19(17)26/h4-5,7-8,10-11,13-14H,2-3,6,9,12,15H2,1H3/b21-13+. The zero-order valence-electron chi connectivity index (χ0n) is 18.0. The summed E-state index contributed by atoms with van der Waals surface area (Å²) in [5.41, 5.74) is 1.59. The molecule has 5 nitrogen and oxygen atoms in total. The average molecular weight is 524 g/mol. The second-order valence-corrected chi connectivity index (χ2v) is 9.80. The highest BCUT2D eigenvalue weighted by atomic mass is 35.5. The molecule has 1 heterocycles. The van der Waals surface area contributed by atoms with Crippen molar-refractivity contribution in [3.63, 3.8) is 0 Å². The van der Waals surface area contributed by atoms with Gasteiger partial charge in [-0.15, -0.1) is 0 Å². The van der Waals surface area contributed by atoms with Gasteiger partial charge >= 0.3 is 5.97 Å². The van der Waals surface area contributed by atoms with E-state index in [4.69, 9.17) is 40.2 Å². The summed E-state index contributed by atoms with van der Waals surface area (Å²) in [5, 5.41) is 1.10. The largest absolute Gasteiger partial charge is 0.488 e. The van der Waals surface area contributed by atoms with Gasteiger partial charge < -0.3 is 9.47 Å². The summed E-state index contributed by atoms with van der Waals surface area (Å²) in [6.45, 7) is 0.795. The highest BCUT2D eigenvalue weighted by molar-refractivity contribution is 8.26. The molecule has 0 unspecified atom stereocenters. The number of carbonyl (C=O) groups is 2. The molecule has 3 rings (SSSR count). The van der Waals surface area contributed by atoms with E-state index in [0.717, 1.165) is 30.4 Å². The number of esters is 1. The fraction of sp³-hybridized carbons (Fsp3) is 0.292. The van der Waals surface area contributed by atoms with Crippen LogP contribution in [-0.4, -0.2) is 34.8 Å². The summed E-state index contributed by atoms with van der Waals surface area (Å²) < 4.78 is 11.2. The molecule has 1 fully saturated rings. The van der Waals surface area contributed by atoms with Gasteiger partial charge in [-0.3, -0.25) is 14.5 Å². The quantitative estimate of drug-likeness (QED) is 0.153. The van der Waals surface area contributed by atoms with Crippen molar-refractivity contribution in [3.05, 3.63) is 68.5 Å². The first-order valence-electron chi connectivity index (χ1n) is 10.4. The molecule has 0 spiro atoms. The fourth-order valence-corrected chi connectivity index (χ4v) is 4.94. The summed E-state index contributed by atoms with van der Waals surface area (Å²) in [6, 6.07) is 12.7. The molecule has 0 aromatic heterocycles.